The van der Waals surface area contributed by atoms with Gasteiger partial charge in [0.15, 0.2) is 0 Å². The first kappa shape index (κ1) is 16.5. The van der Waals surface area contributed by atoms with Gasteiger partial charge in [0.1, 0.15) is 0 Å². The monoisotopic (exact) mass is 288 g/mol. The summed E-state index contributed by atoms with van der Waals surface area (Å²) in [7, 11) is 0. The number of hydrogen-bond donors (Lipinski definition) is 2. The fraction of sp³-hybridized carbons (Fsp3) is 0.684. The molecular formula is C19H32N2. The molecule has 2 heteroatoms. The van der Waals surface area contributed by atoms with Crippen molar-refractivity contribution in [2.24, 2.45) is 5.73 Å². The molecule has 0 aromatic heterocycles. The molecule has 1 unspecified atom stereocenters. The second-order valence-electron chi connectivity index (χ2n) is 6.61. The Bertz CT molecular complexity index is 382. The van der Waals surface area contributed by atoms with Crippen molar-refractivity contribution in [2.75, 3.05) is 13.1 Å². The van der Waals surface area contributed by atoms with E-state index in [9.17, 15) is 0 Å². The number of nitrogens with two attached hydrogens (primary N) is 1. The van der Waals surface area contributed by atoms with Gasteiger partial charge in [0, 0.05) is 11.5 Å². The van der Waals surface area contributed by atoms with Crippen molar-refractivity contribution in [2.45, 2.75) is 69.7 Å². The average Bonchev–Trinajstić information content (AvgIpc) is 3.02. The molecule has 1 saturated carbocycles. The van der Waals surface area contributed by atoms with Gasteiger partial charge >= 0.3 is 0 Å². The van der Waals surface area contributed by atoms with Crippen LogP contribution in [0.25, 0.3) is 0 Å². The smallest absolute Gasteiger partial charge is 0.0136 e. The molecule has 21 heavy (non-hydrogen) atoms. The Morgan fingerprint density at radius 3 is 2.38 bits per heavy atom. The lowest BCUT2D eigenvalue weighted by Crippen LogP contribution is -2.45. The number of benzene rings is 1. The van der Waals surface area contributed by atoms with Crippen molar-refractivity contribution in [3.05, 3.63) is 35.9 Å². The van der Waals surface area contributed by atoms with Crippen LogP contribution in [0.4, 0.5) is 0 Å². The predicted octanol–water partition coefficient (Wildman–Crippen LogP) is 4.00. The van der Waals surface area contributed by atoms with Crippen molar-refractivity contribution >= 4 is 0 Å². The van der Waals surface area contributed by atoms with Gasteiger partial charge < -0.3 is 11.1 Å². The van der Waals surface area contributed by atoms with E-state index >= 15 is 0 Å². The summed E-state index contributed by atoms with van der Waals surface area (Å²) < 4.78 is 0. The van der Waals surface area contributed by atoms with E-state index in [2.05, 4.69) is 42.6 Å². The fourth-order valence-corrected chi connectivity index (χ4v) is 3.88. The topological polar surface area (TPSA) is 38.0 Å². The second-order valence-corrected chi connectivity index (χ2v) is 6.61. The van der Waals surface area contributed by atoms with Gasteiger partial charge in [0.05, 0.1) is 0 Å². The summed E-state index contributed by atoms with van der Waals surface area (Å²) in [6, 6.07) is 11.7. The number of unbranched alkanes of at least 4 members (excludes halogenated alkanes) is 3. The third kappa shape index (κ3) is 4.31. The highest BCUT2D eigenvalue weighted by molar-refractivity contribution is 5.28. The third-order valence-electron chi connectivity index (χ3n) is 5.25. The summed E-state index contributed by atoms with van der Waals surface area (Å²) in [5, 5.41) is 3.81. The van der Waals surface area contributed by atoms with Crippen molar-refractivity contribution in [3.8, 4) is 0 Å². The molecule has 1 aliphatic rings. The Balaban J connectivity index is 1.87. The Labute approximate surface area is 130 Å². The highest BCUT2D eigenvalue weighted by Gasteiger charge is 2.40. The van der Waals surface area contributed by atoms with E-state index in [0.717, 1.165) is 13.1 Å². The molecular weight excluding hydrogens is 256 g/mol. The average molecular weight is 288 g/mol. The Hall–Kier alpha value is -0.860. The standard InChI is InChI=1S/C19H32N2/c1-17(21-16-10-3-2-9-15-20)19(13-7-8-14-19)18-11-5-4-6-12-18/h4-6,11-12,17,21H,2-3,7-10,13-16,20H2,1H3. The first-order chi connectivity index (χ1) is 10.3. The fourth-order valence-electron chi connectivity index (χ4n) is 3.88. The summed E-state index contributed by atoms with van der Waals surface area (Å²) in [5.74, 6) is 0. The molecule has 0 heterocycles. The van der Waals surface area contributed by atoms with Crippen molar-refractivity contribution < 1.29 is 0 Å². The predicted molar refractivity (Wildman–Crippen MR) is 91.6 cm³/mol. The molecule has 1 aliphatic carbocycles. The first-order valence-electron chi connectivity index (χ1n) is 8.78. The summed E-state index contributed by atoms with van der Waals surface area (Å²) in [5.41, 5.74) is 7.43. The minimum Gasteiger partial charge on any atom is -0.330 e. The Kier molecular flexibility index (Phi) is 6.72. The molecule has 0 spiro atoms. The minimum absolute atomic E-state index is 0.360. The zero-order chi connectivity index (χ0) is 15.0. The van der Waals surface area contributed by atoms with Crippen LogP contribution in [0, 0.1) is 0 Å². The molecule has 1 atom stereocenters. The van der Waals surface area contributed by atoms with Gasteiger partial charge in [-0.1, -0.05) is 56.0 Å². The van der Waals surface area contributed by atoms with Crippen LogP contribution < -0.4 is 11.1 Å². The van der Waals surface area contributed by atoms with Crippen LogP contribution in [0.2, 0.25) is 0 Å². The molecule has 0 saturated heterocycles. The molecule has 0 bridgehead atoms. The van der Waals surface area contributed by atoms with Gasteiger partial charge in [-0.25, -0.2) is 0 Å². The zero-order valence-corrected chi connectivity index (χ0v) is 13.6. The van der Waals surface area contributed by atoms with Crippen molar-refractivity contribution in [1.82, 2.24) is 5.32 Å². The Morgan fingerprint density at radius 2 is 1.71 bits per heavy atom. The minimum atomic E-state index is 0.360. The second kappa shape index (κ2) is 8.55. The molecule has 2 rings (SSSR count). The number of nitrogens with one attached hydrogen (secondary N) is 1. The van der Waals surface area contributed by atoms with Gasteiger partial charge in [0.25, 0.3) is 0 Å². The van der Waals surface area contributed by atoms with Crippen LogP contribution in [0.5, 0.6) is 0 Å². The van der Waals surface area contributed by atoms with Crippen LogP contribution in [0.15, 0.2) is 30.3 Å². The van der Waals surface area contributed by atoms with E-state index in [-0.39, 0.29) is 0 Å². The molecule has 1 aromatic rings. The molecule has 0 radical (unpaired) electrons. The van der Waals surface area contributed by atoms with E-state index in [1.54, 1.807) is 0 Å². The van der Waals surface area contributed by atoms with E-state index in [1.807, 2.05) is 0 Å². The van der Waals surface area contributed by atoms with E-state index in [1.165, 1.54) is 56.9 Å². The number of rotatable bonds is 9. The maximum atomic E-state index is 5.54. The number of hydrogen-bond acceptors (Lipinski definition) is 2. The summed E-state index contributed by atoms with van der Waals surface area (Å²) >= 11 is 0. The largest absolute Gasteiger partial charge is 0.330 e. The van der Waals surface area contributed by atoms with Gasteiger partial charge in [-0.15, -0.1) is 0 Å². The van der Waals surface area contributed by atoms with Gasteiger partial charge in [0.2, 0.25) is 0 Å². The van der Waals surface area contributed by atoms with Crippen molar-refractivity contribution in [3.63, 3.8) is 0 Å². The van der Waals surface area contributed by atoms with Crippen molar-refractivity contribution in [1.29, 1.82) is 0 Å². The molecule has 1 fully saturated rings. The van der Waals surface area contributed by atoms with Crippen LogP contribution in [-0.4, -0.2) is 19.1 Å². The quantitative estimate of drug-likeness (QED) is 0.674. The third-order valence-corrected chi connectivity index (χ3v) is 5.25. The Morgan fingerprint density at radius 1 is 1.05 bits per heavy atom. The van der Waals surface area contributed by atoms with Crippen LogP contribution >= 0.6 is 0 Å². The SMILES string of the molecule is CC(NCCCCCCN)C1(c2ccccc2)CCCC1. The maximum Gasteiger partial charge on any atom is 0.0136 e. The zero-order valence-electron chi connectivity index (χ0n) is 13.6. The first-order valence-corrected chi connectivity index (χ1v) is 8.78. The van der Waals surface area contributed by atoms with Crippen LogP contribution in [0.1, 0.15) is 63.9 Å². The van der Waals surface area contributed by atoms with Crippen LogP contribution in [0.3, 0.4) is 0 Å². The van der Waals surface area contributed by atoms with E-state index in [0.29, 0.717) is 11.5 Å². The van der Waals surface area contributed by atoms with Crippen LogP contribution in [-0.2, 0) is 5.41 Å². The lowest BCUT2D eigenvalue weighted by Gasteiger charge is -2.37. The summed E-state index contributed by atoms with van der Waals surface area (Å²) in [4.78, 5) is 0. The van der Waals surface area contributed by atoms with E-state index in [4.69, 9.17) is 5.73 Å². The summed E-state index contributed by atoms with van der Waals surface area (Å²) in [6.07, 6.45) is 10.4. The highest BCUT2D eigenvalue weighted by Crippen LogP contribution is 2.43. The molecule has 0 amide bonds. The normalized spacial score (nSPS) is 18.8. The summed E-state index contributed by atoms with van der Waals surface area (Å²) in [6.45, 7) is 4.36. The maximum absolute atomic E-state index is 5.54. The molecule has 1 aromatic carbocycles. The van der Waals surface area contributed by atoms with Gasteiger partial charge in [-0.05, 0) is 51.3 Å². The highest BCUT2D eigenvalue weighted by atomic mass is 14.9. The molecule has 118 valence electrons. The lowest BCUT2D eigenvalue weighted by molar-refractivity contribution is 0.312. The molecule has 0 aliphatic heterocycles. The lowest BCUT2D eigenvalue weighted by atomic mass is 9.73. The van der Waals surface area contributed by atoms with Gasteiger partial charge in [-0.2, -0.15) is 0 Å². The van der Waals surface area contributed by atoms with E-state index < -0.39 is 0 Å². The molecule has 3 N–H and O–H groups in total. The van der Waals surface area contributed by atoms with Gasteiger partial charge in [-0.3, -0.25) is 0 Å². The molecule has 2 nitrogen and oxygen atoms in total.